The van der Waals surface area contributed by atoms with Crippen LogP contribution in [0.2, 0.25) is 5.28 Å². The van der Waals surface area contributed by atoms with E-state index in [1.165, 1.54) is 25.4 Å². The molecule has 0 spiro atoms. The summed E-state index contributed by atoms with van der Waals surface area (Å²) in [5.41, 5.74) is -1.84. The Morgan fingerprint density at radius 3 is 2.61 bits per heavy atom. The molecule has 4 rings (SSSR count). The van der Waals surface area contributed by atoms with Crippen LogP contribution >= 0.6 is 11.6 Å². The molecule has 31 heavy (non-hydrogen) atoms. The molecule has 1 aromatic carbocycles. The van der Waals surface area contributed by atoms with Gasteiger partial charge in [-0.2, -0.15) is 18.2 Å². The van der Waals surface area contributed by atoms with Gasteiger partial charge in [-0.15, -0.1) is 0 Å². The third-order valence-corrected chi connectivity index (χ3v) is 4.91. The van der Waals surface area contributed by atoms with Gasteiger partial charge in [0.15, 0.2) is 5.69 Å². The molecule has 1 aliphatic rings. The van der Waals surface area contributed by atoms with Crippen molar-refractivity contribution < 1.29 is 32.1 Å². The van der Waals surface area contributed by atoms with Gasteiger partial charge >= 0.3 is 6.18 Å². The first kappa shape index (κ1) is 21.5. The highest BCUT2D eigenvalue weighted by molar-refractivity contribution is 6.28. The number of aryl methyl sites for hydroxylation is 1. The lowest BCUT2D eigenvalue weighted by molar-refractivity contribution is -0.185. The molecule has 0 saturated carbocycles. The number of halogens is 5. The highest BCUT2D eigenvalue weighted by Gasteiger charge is 2.41. The molecule has 0 amide bonds. The Kier molecular flexibility index (Phi) is 5.36. The van der Waals surface area contributed by atoms with E-state index < -0.39 is 23.3 Å². The van der Waals surface area contributed by atoms with E-state index in [0.29, 0.717) is 5.56 Å². The van der Waals surface area contributed by atoms with Gasteiger partial charge in [0.05, 0.1) is 24.3 Å². The zero-order chi connectivity index (χ0) is 22.4. The minimum Gasteiger partial charge on any atom is -0.472 e. The number of imidazole rings is 1. The molecule has 12 heteroatoms. The summed E-state index contributed by atoms with van der Waals surface area (Å²) < 4.78 is 65.0. The third kappa shape index (κ3) is 4.21. The quantitative estimate of drug-likeness (QED) is 0.465. The van der Waals surface area contributed by atoms with Crippen LogP contribution in [0.4, 0.5) is 17.6 Å². The van der Waals surface area contributed by atoms with Crippen LogP contribution in [0, 0.1) is 5.82 Å². The van der Waals surface area contributed by atoms with E-state index in [-0.39, 0.29) is 47.9 Å². The van der Waals surface area contributed by atoms with Crippen molar-refractivity contribution in [3.63, 3.8) is 0 Å². The summed E-state index contributed by atoms with van der Waals surface area (Å²) in [5.74, 6) is -0.904. The van der Waals surface area contributed by atoms with Gasteiger partial charge in [-0.25, -0.2) is 14.4 Å². The van der Waals surface area contributed by atoms with Gasteiger partial charge in [-0.3, -0.25) is 0 Å². The first-order chi connectivity index (χ1) is 14.6. The van der Waals surface area contributed by atoms with Crippen LogP contribution < -0.4 is 4.74 Å². The van der Waals surface area contributed by atoms with Crippen molar-refractivity contribution in [1.29, 1.82) is 0 Å². The number of hydrogen-bond acceptors (Lipinski definition) is 6. The van der Waals surface area contributed by atoms with Crippen LogP contribution in [0.5, 0.6) is 5.88 Å². The van der Waals surface area contributed by atoms with Crippen molar-refractivity contribution in [2.45, 2.75) is 18.4 Å². The summed E-state index contributed by atoms with van der Waals surface area (Å²) in [7, 11) is 1.35. The summed E-state index contributed by atoms with van der Waals surface area (Å²) in [6.45, 7) is -0.0502. The van der Waals surface area contributed by atoms with Crippen LogP contribution in [-0.4, -0.2) is 37.8 Å². The first-order valence-corrected chi connectivity index (χ1v) is 9.30. The Morgan fingerprint density at radius 2 is 2.03 bits per heavy atom. The fraction of sp³-hybridized carbons (Fsp3) is 0.316. The minimum atomic E-state index is -4.63. The molecule has 3 aromatic rings. The molecule has 164 valence electrons. The van der Waals surface area contributed by atoms with E-state index in [1.54, 1.807) is 0 Å². The maximum absolute atomic E-state index is 14.7. The van der Waals surface area contributed by atoms with Crippen LogP contribution in [0.1, 0.15) is 16.8 Å². The van der Waals surface area contributed by atoms with Gasteiger partial charge in [-0.1, -0.05) is 6.07 Å². The fourth-order valence-electron chi connectivity index (χ4n) is 3.06. The van der Waals surface area contributed by atoms with Crippen molar-refractivity contribution in [3.8, 4) is 17.3 Å². The predicted molar refractivity (Wildman–Crippen MR) is 99.7 cm³/mol. The lowest BCUT2D eigenvalue weighted by Gasteiger charge is -2.36. The normalized spacial score (nSPS) is 15.6. The Hall–Kier alpha value is -2.76. The highest BCUT2D eigenvalue weighted by atomic mass is 35.5. The summed E-state index contributed by atoms with van der Waals surface area (Å²) in [4.78, 5) is 11.3. The van der Waals surface area contributed by atoms with Crippen LogP contribution in [0.25, 0.3) is 11.4 Å². The molecule has 2 aromatic heterocycles. The summed E-state index contributed by atoms with van der Waals surface area (Å²) in [5, 5.41) is 10.4. The second-order valence-electron chi connectivity index (χ2n) is 7.04. The number of aliphatic hydroxyl groups is 1. The standard InChI is InChI=1S/C19H15ClF4N4O3/c1-28-6-14(19(22,23)24)26-15(28)11-3-2-10(4-13(11)21)7-31-16-12(5-25-17(20)27-16)18(29)8-30-9-18/h2-6,29H,7-9H2,1H3. The molecule has 3 heterocycles. The van der Waals surface area contributed by atoms with Crippen molar-refractivity contribution in [3.05, 3.63) is 58.5 Å². The molecule has 0 aliphatic carbocycles. The Morgan fingerprint density at radius 1 is 1.29 bits per heavy atom. The maximum atomic E-state index is 14.7. The third-order valence-electron chi connectivity index (χ3n) is 4.72. The highest BCUT2D eigenvalue weighted by Crippen LogP contribution is 2.35. The largest absolute Gasteiger partial charge is 0.472 e. The number of hydrogen-bond donors (Lipinski definition) is 1. The summed E-state index contributed by atoms with van der Waals surface area (Å²) in [6, 6.07) is 3.93. The lowest BCUT2D eigenvalue weighted by atomic mass is 9.94. The molecular weight excluding hydrogens is 444 g/mol. The van der Waals surface area contributed by atoms with Gasteiger partial charge in [0.1, 0.15) is 23.8 Å². The average Bonchev–Trinajstić information content (AvgIpc) is 3.06. The number of alkyl halides is 3. The molecule has 1 fully saturated rings. The number of rotatable bonds is 5. The zero-order valence-electron chi connectivity index (χ0n) is 16.0. The zero-order valence-corrected chi connectivity index (χ0v) is 16.7. The Balaban J connectivity index is 1.56. The number of nitrogens with zero attached hydrogens (tertiary/aromatic N) is 4. The van der Waals surface area contributed by atoms with E-state index in [4.69, 9.17) is 21.1 Å². The van der Waals surface area contributed by atoms with Crippen LogP contribution in [0.3, 0.4) is 0 Å². The van der Waals surface area contributed by atoms with Crippen molar-refractivity contribution in [2.24, 2.45) is 7.05 Å². The SMILES string of the molecule is Cn1cc(C(F)(F)F)nc1-c1ccc(COc2nc(Cl)ncc2C2(O)COC2)cc1F. The van der Waals surface area contributed by atoms with E-state index in [0.717, 1.165) is 16.8 Å². The summed E-state index contributed by atoms with van der Waals surface area (Å²) in [6.07, 6.45) is -2.51. The Bertz CT molecular complexity index is 1130. The predicted octanol–water partition coefficient (Wildman–Crippen LogP) is 3.49. The van der Waals surface area contributed by atoms with E-state index in [2.05, 4.69) is 15.0 Å². The molecule has 1 saturated heterocycles. The van der Waals surface area contributed by atoms with Gasteiger partial charge in [-0.05, 0) is 29.3 Å². The fourth-order valence-corrected chi connectivity index (χ4v) is 3.19. The first-order valence-electron chi connectivity index (χ1n) is 8.92. The van der Waals surface area contributed by atoms with Crippen molar-refractivity contribution >= 4 is 11.6 Å². The van der Waals surface area contributed by atoms with Crippen LogP contribution in [-0.2, 0) is 30.2 Å². The van der Waals surface area contributed by atoms with E-state index in [1.807, 2.05) is 0 Å². The van der Waals surface area contributed by atoms with Gasteiger partial charge in [0.2, 0.25) is 11.2 Å². The maximum Gasteiger partial charge on any atom is 0.434 e. The smallest absolute Gasteiger partial charge is 0.434 e. The number of ether oxygens (including phenoxy) is 2. The monoisotopic (exact) mass is 458 g/mol. The van der Waals surface area contributed by atoms with E-state index in [9.17, 15) is 22.7 Å². The number of benzene rings is 1. The second kappa shape index (κ2) is 7.74. The molecule has 0 atom stereocenters. The van der Waals surface area contributed by atoms with Gasteiger partial charge in [0.25, 0.3) is 0 Å². The molecule has 0 radical (unpaired) electrons. The molecule has 7 nitrogen and oxygen atoms in total. The Labute approximate surface area is 178 Å². The van der Waals surface area contributed by atoms with Gasteiger partial charge < -0.3 is 19.1 Å². The minimum absolute atomic E-state index is 0.0224. The lowest BCUT2D eigenvalue weighted by Crippen LogP contribution is -2.47. The van der Waals surface area contributed by atoms with Crippen molar-refractivity contribution in [2.75, 3.05) is 13.2 Å². The van der Waals surface area contributed by atoms with E-state index >= 15 is 0 Å². The van der Waals surface area contributed by atoms with Crippen LogP contribution in [0.15, 0.2) is 30.6 Å². The van der Waals surface area contributed by atoms with Gasteiger partial charge in [0, 0.05) is 19.4 Å². The average molecular weight is 459 g/mol. The molecule has 0 bridgehead atoms. The summed E-state index contributed by atoms with van der Waals surface area (Å²) >= 11 is 5.81. The second-order valence-corrected chi connectivity index (χ2v) is 7.38. The molecule has 0 unspecified atom stereocenters. The molecular formula is C19H15ClF4N4O3. The molecule has 1 N–H and O–H groups in total. The number of aromatic nitrogens is 4. The topological polar surface area (TPSA) is 82.3 Å². The van der Waals surface area contributed by atoms with Crippen molar-refractivity contribution in [1.82, 2.24) is 19.5 Å². The molecule has 1 aliphatic heterocycles.